The van der Waals surface area contributed by atoms with E-state index in [2.05, 4.69) is 229 Å². The summed E-state index contributed by atoms with van der Waals surface area (Å²) in [5.41, 5.74) is 16.9. The van der Waals surface area contributed by atoms with Gasteiger partial charge < -0.3 is 9.32 Å². The Morgan fingerprint density at radius 3 is 1.55 bits per heavy atom. The van der Waals surface area contributed by atoms with Crippen molar-refractivity contribution in [3.8, 4) is 33.4 Å². The van der Waals surface area contributed by atoms with E-state index >= 15 is 0 Å². The van der Waals surface area contributed by atoms with Crippen LogP contribution in [0.4, 0.5) is 17.1 Å². The van der Waals surface area contributed by atoms with Crippen LogP contribution in [-0.4, -0.2) is 0 Å². The van der Waals surface area contributed by atoms with Crippen molar-refractivity contribution in [2.24, 2.45) is 0 Å². The van der Waals surface area contributed by atoms with Crippen molar-refractivity contribution < 1.29 is 4.42 Å². The van der Waals surface area contributed by atoms with Crippen LogP contribution in [0.3, 0.4) is 0 Å². The highest BCUT2D eigenvalue weighted by Gasteiger charge is 2.46. The van der Waals surface area contributed by atoms with Gasteiger partial charge in [0, 0.05) is 54.1 Å². The highest BCUT2D eigenvalue weighted by molar-refractivity contribution is 7.25. The predicted molar refractivity (Wildman–Crippen MR) is 269 cm³/mol. The molecule has 13 rings (SSSR count). The zero-order valence-electron chi connectivity index (χ0n) is 34.8. The van der Waals surface area contributed by atoms with E-state index < -0.39 is 5.41 Å². The fraction of sp³-hybridized carbons (Fsp3) is 0.0164. The van der Waals surface area contributed by atoms with Gasteiger partial charge in [0.1, 0.15) is 11.2 Å². The molecule has 1 aliphatic rings. The number of hydrogen-bond acceptors (Lipinski definition) is 3. The Labute approximate surface area is 375 Å². The largest absolute Gasteiger partial charge is 0.456 e. The van der Waals surface area contributed by atoms with E-state index in [1.165, 1.54) is 75.8 Å². The maximum atomic E-state index is 6.43. The molecule has 3 heteroatoms. The molecule has 0 amide bonds. The third kappa shape index (κ3) is 5.64. The molecule has 2 aromatic heterocycles. The van der Waals surface area contributed by atoms with Crippen molar-refractivity contribution in [1.82, 2.24) is 0 Å². The molecular weight excluding hydrogens is 795 g/mol. The minimum atomic E-state index is -0.598. The quantitative estimate of drug-likeness (QED) is 0.159. The first-order valence-corrected chi connectivity index (χ1v) is 22.7. The van der Waals surface area contributed by atoms with Gasteiger partial charge in [-0.2, -0.15) is 0 Å². The van der Waals surface area contributed by atoms with Gasteiger partial charge >= 0.3 is 0 Å². The van der Waals surface area contributed by atoms with Crippen molar-refractivity contribution in [1.29, 1.82) is 0 Å². The van der Waals surface area contributed by atoms with E-state index in [0.29, 0.717) is 0 Å². The Kier molecular flexibility index (Phi) is 8.34. The minimum absolute atomic E-state index is 0.598. The number of benzene rings is 10. The van der Waals surface area contributed by atoms with Crippen LogP contribution in [0.15, 0.2) is 241 Å². The minimum Gasteiger partial charge on any atom is -0.456 e. The summed E-state index contributed by atoms with van der Waals surface area (Å²) in [5, 5.41) is 4.74. The predicted octanol–water partition coefficient (Wildman–Crippen LogP) is 17.1. The van der Waals surface area contributed by atoms with Gasteiger partial charge in [-0.25, -0.2) is 0 Å². The molecule has 0 fully saturated rings. The molecule has 0 spiro atoms. The number of anilines is 3. The molecule has 0 unspecified atom stereocenters. The first-order chi connectivity index (χ1) is 31.7. The molecule has 64 heavy (non-hydrogen) atoms. The van der Waals surface area contributed by atoms with Crippen molar-refractivity contribution in [2.45, 2.75) is 5.41 Å². The molecule has 12 aromatic rings. The topological polar surface area (TPSA) is 16.4 Å². The van der Waals surface area contributed by atoms with Gasteiger partial charge in [-0.05, 0) is 134 Å². The van der Waals surface area contributed by atoms with Gasteiger partial charge in [0.05, 0.1) is 5.41 Å². The first-order valence-electron chi connectivity index (χ1n) is 21.9. The average Bonchev–Trinajstić information content (AvgIpc) is 4.02. The summed E-state index contributed by atoms with van der Waals surface area (Å²) in [5.74, 6) is 0. The number of rotatable bonds is 7. The van der Waals surface area contributed by atoms with Crippen molar-refractivity contribution in [2.75, 3.05) is 4.90 Å². The third-order valence-electron chi connectivity index (χ3n) is 13.3. The number of nitrogens with zero attached hydrogens (tertiary/aromatic N) is 1. The summed E-state index contributed by atoms with van der Waals surface area (Å²) in [6.45, 7) is 0. The summed E-state index contributed by atoms with van der Waals surface area (Å²) >= 11 is 1.86. The van der Waals surface area contributed by atoms with E-state index in [0.717, 1.165) is 39.0 Å². The molecule has 0 bridgehead atoms. The van der Waals surface area contributed by atoms with Crippen LogP contribution in [-0.2, 0) is 5.41 Å². The second-order valence-electron chi connectivity index (χ2n) is 16.8. The van der Waals surface area contributed by atoms with Gasteiger partial charge in [-0.1, -0.05) is 152 Å². The van der Waals surface area contributed by atoms with Crippen LogP contribution in [0.25, 0.3) is 75.5 Å². The number of fused-ring (bicyclic) bond motifs is 9. The lowest BCUT2D eigenvalue weighted by atomic mass is 9.66. The van der Waals surface area contributed by atoms with E-state index in [1.807, 2.05) is 23.5 Å². The van der Waals surface area contributed by atoms with E-state index in [1.54, 1.807) is 0 Å². The second-order valence-corrected chi connectivity index (χ2v) is 17.9. The molecule has 0 saturated carbocycles. The van der Waals surface area contributed by atoms with Crippen LogP contribution >= 0.6 is 11.3 Å². The fourth-order valence-corrected chi connectivity index (χ4v) is 11.5. The Morgan fingerprint density at radius 2 is 0.859 bits per heavy atom. The standard InChI is InChI=1S/C61H39NOS/c1-4-16-40(17-5-1)42-34-43(41-18-6-2-7-19-41)36-45(35-42)61(55-25-13-10-22-49(55)50-23-11-14-26-56(50)61)44-28-32-59-53(37-44)54-38-47(30-33-60(54)64-59)62(46-20-8-3-9-21-46)48-29-31-52-51-24-12-15-27-57(51)63-58(52)39-48/h1-39H. The van der Waals surface area contributed by atoms with Crippen LogP contribution in [0.2, 0.25) is 0 Å². The molecule has 0 atom stereocenters. The van der Waals surface area contributed by atoms with Crippen LogP contribution in [0, 0.1) is 0 Å². The molecule has 10 aromatic carbocycles. The SMILES string of the molecule is c1ccc(-c2cc(-c3ccccc3)cc(C3(c4ccc5sc6ccc(N(c7ccccc7)c7ccc8c(c7)oc7ccccc78)cc6c5c4)c4ccccc4-c4ccccc43)c2)cc1. The zero-order valence-corrected chi connectivity index (χ0v) is 35.6. The summed E-state index contributed by atoms with van der Waals surface area (Å²) < 4.78 is 8.95. The zero-order chi connectivity index (χ0) is 42.2. The summed E-state index contributed by atoms with van der Waals surface area (Å²) in [6, 6.07) is 86.8. The second kappa shape index (κ2) is 14.6. The highest BCUT2D eigenvalue weighted by atomic mass is 32.1. The normalized spacial score (nSPS) is 12.8. The smallest absolute Gasteiger partial charge is 0.137 e. The van der Waals surface area contributed by atoms with Crippen molar-refractivity contribution in [3.05, 3.63) is 259 Å². The van der Waals surface area contributed by atoms with Gasteiger partial charge in [0.2, 0.25) is 0 Å². The molecular formula is C61H39NOS. The first kappa shape index (κ1) is 36.7. The van der Waals surface area contributed by atoms with Crippen molar-refractivity contribution in [3.63, 3.8) is 0 Å². The van der Waals surface area contributed by atoms with E-state index in [9.17, 15) is 0 Å². The van der Waals surface area contributed by atoms with Crippen LogP contribution < -0.4 is 4.90 Å². The lowest BCUT2D eigenvalue weighted by Gasteiger charge is -2.35. The average molecular weight is 834 g/mol. The Hall–Kier alpha value is -7.98. The number of hydrogen-bond donors (Lipinski definition) is 0. The van der Waals surface area contributed by atoms with E-state index in [-0.39, 0.29) is 0 Å². The lowest BCUT2D eigenvalue weighted by Crippen LogP contribution is -2.28. The third-order valence-corrected chi connectivity index (χ3v) is 14.5. The number of furan rings is 1. The Morgan fingerprint density at radius 1 is 0.328 bits per heavy atom. The molecule has 300 valence electrons. The van der Waals surface area contributed by atoms with Gasteiger partial charge in [0.15, 0.2) is 0 Å². The maximum absolute atomic E-state index is 6.43. The summed E-state index contributed by atoms with van der Waals surface area (Å²) in [4.78, 5) is 2.35. The molecule has 0 saturated heterocycles. The Bertz CT molecular complexity index is 3630. The van der Waals surface area contributed by atoms with Crippen molar-refractivity contribution >= 4 is 70.5 Å². The molecule has 0 radical (unpaired) electrons. The molecule has 1 aliphatic carbocycles. The maximum Gasteiger partial charge on any atom is 0.137 e. The lowest BCUT2D eigenvalue weighted by molar-refractivity contribution is 0.669. The van der Waals surface area contributed by atoms with Gasteiger partial charge in [-0.3, -0.25) is 0 Å². The van der Waals surface area contributed by atoms with E-state index in [4.69, 9.17) is 4.42 Å². The summed E-state index contributed by atoms with van der Waals surface area (Å²) in [7, 11) is 0. The van der Waals surface area contributed by atoms with Crippen LogP contribution in [0.1, 0.15) is 22.3 Å². The summed E-state index contributed by atoms with van der Waals surface area (Å²) in [6.07, 6.45) is 0. The van der Waals surface area contributed by atoms with Crippen LogP contribution in [0.5, 0.6) is 0 Å². The fourth-order valence-electron chi connectivity index (χ4n) is 10.5. The Balaban J connectivity index is 1.05. The number of thiophene rings is 1. The number of para-hydroxylation sites is 2. The van der Waals surface area contributed by atoms with Gasteiger partial charge in [0.25, 0.3) is 0 Å². The molecule has 2 nitrogen and oxygen atoms in total. The molecule has 0 N–H and O–H groups in total. The van der Waals surface area contributed by atoms with Gasteiger partial charge in [-0.15, -0.1) is 11.3 Å². The molecule has 2 heterocycles. The molecule has 0 aliphatic heterocycles. The highest BCUT2D eigenvalue weighted by Crippen LogP contribution is 2.57. The monoisotopic (exact) mass is 833 g/mol.